The van der Waals surface area contributed by atoms with Gasteiger partial charge in [0.1, 0.15) is 0 Å². The number of rotatable bonds is 5. The Morgan fingerprint density at radius 2 is 2.46 bits per heavy atom. The monoisotopic (exact) mass is 198 g/mol. The summed E-state index contributed by atoms with van der Waals surface area (Å²) in [6, 6.07) is 3.99. The molecule has 0 radical (unpaired) electrons. The van der Waals surface area contributed by atoms with Gasteiger partial charge in [-0.3, -0.25) is 4.98 Å². The van der Waals surface area contributed by atoms with Crippen molar-refractivity contribution in [3.8, 4) is 0 Å². The van der Waals surface area contributed by atoms with E-state index in [9.17, 15) is 0 Å². The molecule has 1 aromatic rings. The lowest BCUT2D eigenvalue weighted by molar-refractivity contribution is 0.646. The molecule has 2 nitrogen and oxygen atoms in total. The molecule has 1 N–H and O–H groups in total. The highest BCUT2D eigenvalue weighted by molar-refractivity contribution is 6.20. The van der Waals surface area contributed by atoms with E-state index >= 15 is 0 Å². The zero-order chi connectivity index (χ0) is 9.52. The van der Waals surface area contributed by atoms with Crippen molar-refractivity contribution in [3.63, 3.8) is 0 Å². The fourth-order valence-corrected chi connectivity index (χ4v) is 1.13. The summed E-state index contributed by atoms with van der Waals surface area (Å²) in [5.41, 5.74) is 1.20. The molecule has 0 aliphatic carbocycles. The molecule has 0 bridgehead atoms. The van der Waals surface area contributed by atoms with Crippen molar-refractivity contribution in [1.82, 2.24) is 10.3 Å². The zero-order valence-electron chi connectivity index (χ0n) is 7.83. The first-order valence-electron chi connectivity index (χ1n) is 4.56. The van der Waals surface area contributed by atoms with Crippen molar-refractivity contribution in [2.45, 2.75) is 25.3 Å². The summed E-state index contributed by atoms with van der Waals surface area (Å²) in [5.74, 6) is 0. The molecule has 0 fully saturated rings. The van der Waals surface area contributed by atoms with Crippen molar-refractivity contribution in [2.24, 2.45) is 0 Å². The quantitative estimate of drug-likeness (QED) is 0.734. The Kier molecular flexibility index (Phi) is 4.79. The maximum Gasteiger partial charge on any atom is 0.0458 e. The van der Waals surface area contributed by atoms with E-state index in [1.54, 1.807) is 6.20 Å². The SMILES string of the molecule is CCC(Cl)CNCc1cccnc1. The Labute approximate surface area is 84.3 Å². The molecule has 13 heavy (non-hydrogen) atoms. The molecule has 0 aliphatic rings. The Hall–Kier alpha value is -0.600. The minimum atomic E-state index is 0.233. The number of nitrogens with zero attached hydrogens (tertiary/aromatic N) is 1. The van der Waals surface area contributed by atoms with Crippen LogP contribution in [0.1, 0.15) is 18.9 Å². The molecule has 3 heteroatoms. The predicted octanol–water partition coefficient (Wildman–Crippen LogP) is 2.19. The molecule has 0 amide bonds. The lowest BCUT2D eigenvalue weighted by Crippen LogP contribution is -2.22. The normalized spacial score (nSPS) is 12.8. The third-order valence-electron chi connectivity index (χ3n) is 1.86. The largest absolute Gasteiger partial charge is 0.311 e. The van der Waals surface area contributed by atoms with E-state index in [0.717, 1.165) is 19.5 Å². The number of aromatic nitrogens is 1. The molecule has 1 heterocycles. The first-order valence-corrected chi connectivity index (χ1v) is 5.00. The highest BCUT2D eigenvalue weighted by Crippen LogP contribution is 1.99. The molecule has 0 aliphatic heterocycles. The summed E-state index contributed by atoms with van der Waals surface area (Å²) < 4.78 is 0. The molecule has 1 aromatic heterocycles. The molecule has 72 valence electrons. The smallest absolute Gasteiger partial charge is 0.0458 e. The van der Waals surface area contributed by atoms with E-state index in [4.69, 9.17) is 11.6 Å². The Morgan fingerprint density at radius 1 is 1.62 bits per heavy atom. The first kappa shape index (κ1) is 10.5. The number of alkyl halides is 1. The van der Waals surface area contributed by atoms with Gasteiger partial charge in [-0.1, -0.05) is 13.0 Å². The Morgan fingerprint density at radius 3 is 3.08 bits per heavy atom. The van der Waals surface area contributed by atoms with E-state index in [1.807, 2.05) is 12.3 Å². The van der Waals surface area contributed by atoms with Gasteiger partial charge in [0, 0.05) is 30.9 Å². The highest BCUT2D eigenvalue weighted by atomic mass is 35.5. The summed E-state index contributed by atoms with van der Waals surface area (Å²) >= 11 is 5.95. The second-order valence-electron chi connectivity index (χ2n) is 3.00. The van der Waals surface area contributed by atoms with Crippen LogP contribution in [0.3, 0.4) is 0 Å². The van der Waals surface area contributed by atoms with E-state index in [0.29, 0.717) is 0 Å². The van der Waals surface area contributed by atoms with Gasteiger partial charge >= 0.3 is 0 Å². The van der Waals surface area contributed by atoms with Crippen LogP contribution in [0.2, 0.25) is 0 Å². The molecule has 1 rings (SSSR count). The molecule has 0 spiro atoms. The lowest BCUT2D eigenvalue weighted by atomic mass is 10.3. The molecular formula is C10H15ClN2. The standard InChI is InChI=1S/C10H15ClN2/c1-2-10(11)8-13-7-9-4-3-5-12-6-9/h3-6,10,13H,2,7-8H2,1H3. The van der Waals surface area contributed by atoms with Crippen LogP contribution in [0.5, 0.6) is 0 Å². The topological polar surface area (TPSA) is 24.9 Å². The van der Waals surface area contributed by atoms with Crippen LogP contribution in [-0.4, -0.2) is 16.9 Å². The van der Waals surface area contributed by atoms with E-state index in [1.165, 1.54) is 5.56 Å². The summed E-state index contributed by atoms with van der Waals surface area (Å²) in [5, 5.41) is 3.51. The Bertz CT molecular complexity index is 226. The zero-order valence-corrected chi connectivity index (χ0v) is 8.59. The van der Waals surface area contributed by atoms with Crippen LogP contribution in [0.4, 0.5) is 0 Å². The number of pyridine rings is 1. The Balaban J connectivity index is 2.20. The first-order chi connectivity index (χ1) is 6.33. The van der Waals surface area contributed by atoms with Crippen LogP contribution in [0.25, 0.3) is 0 Å². The number of hydrogen-bond donors (Lipinski definition) is 1. The van der Waals surface area contributed by atoms with Crippen molar-refractivity contribution < 1.29 is 0 Å². The lowest BCUT2D eigenvalue weighted by Gasteiger charge is -2.07. The summed E-state index contributed by atoms with van der Waals surface area (Å²) in [7, 11) is 0. The fourth-order valence-electron chi connectivity index (χ4n) is 1.02. The van der Waals surface area contributed by atoms with Crippen molar-refractivity contribution in [2.75, 3.05) is 6.54 Å². The van der Waals surface area contributed by atoms with Gasteiger partial charge in [-0.2, -0.15) is 0 Å². The number of nitrogens with one attached hydrogen (secondary N) is 1. The fraction of sp³-hybridized carbons (Fsp3) is 0.500. The maximum atomic E-state index is 5.95. The molecular weight excluding hydrogens is 184 g/mol. The van der Waals surface area contributed by atoms with Gasteiger partial charge in [0.05, 0.1) is 0 Å². The van der Waals surface area contributed by atoms with E-state index in [2.05, 4.69) is 23.3 Å². The van der Waals surface area contributed by atoms with E-state index in [-0.39, 0.29) is 5.38 Å². The minimum absolute atomic E-state index is 0.233. The molecule has 1 atom stereocenters. The van der Waals surface area contributed by atoms with Crippen LogP contribution in [0, 0.1) is 0 Å². The van der Waals surface area contributed by atoms with Gasteiger partial charge in [-0.15, -0.1) is 11.6 Å². The molecule has 0 saturated carbocycles. The van der Waals surface area contributed by atoms with Crippen LogP contribution in [-0.2, 0) is 6.54 Å². The summed E-state index contributed by atoms with van der Waals surface area (Å²) in [4.78, 5) is 4.03. The van der Waals surface area contributed by atoms with Gasteiger partial charge in [0.25, 0.3) is 0 Å². The number of hydrogen-bond acceptors (Lipinski definition) is 2. The van der Waals surface area contributed by atoms with Crippen molar-refractivity contribution >= 4 is 11.6 Å². The average molecular weight is 199 g/mol. The third-order valence-corrected chi connectivity index (χ3v) is 2.32. The highest BCUT2D eigenvalue weighted by Gasteiger charge is 1.99. The second-order valence-corrected chi connectivity index (χ2v) is 3.61. The average Bonchev–Trinajstić information content (AvgIpc) is 2.19. The van der Waals surface area contributed by atoms with Crippen LogP contribution < -0.4 is 5.32 Å². The molecule has 0 saturated heterocycles. The van der Waals surface area contributed by atoms with Crippen LogP contribution in [0.15, 0.2) is 24.5 Å². The van der Waals surface area contributed by atoms with Crippen molar-refractivity contribution in [1.29, 1.82) is 0 Å². The van der Waals surface area contributed by atoms with Gasteiger partial charge in [-0.25, -0.2) is 0 Å². The summed E-state index contributed by atoms with van der Waals surface area (Å²) in [6.45, 7) is 3.79. The predicted molar refractivity (Wildman–Crippen MR) is 55.9 cm³/mol. The number of halogens is 1. The summed E-state index contributed by atoms with van der Waals surface area (Å²) in [6.07, 6.45) is 4.64. The van der Waals surface area contributed by atoms with Gasteiger partial charge in [0.2, 0.25) is 0 Å². The second kappa shape index (κ2) is 5.95. The van der Waals surface area contributed by atoms with Crippen molar-refractivity contribution in [3.05, 3.63) is 30.1 Å². The van der Waals surface area contributed by atoms with Crippen LogP contribution >= 0.6 is 11.6 Å². The van der Waals surface area contributed by atoms with Gasteiger partial charge in [-0.05, 0) is 18.1 Å². The van der Waals surface area contributed by atoms with E-state index < -0.39 is 0 Å². The van der Waals surface area contributed by atoms with Gasteiger partial charge < -0.3 is 5.32 Å². The van der Waals surface area contributed by atoms with Gasteiger partial charge in [0.15, 0.2) is 0 Å². The molecule has 0 aromatic carbocycles. The molecule has 1 unspecified atom stereocenters. The minimum Gasteiger partial charge on any atom is -0.311 e. The third kappa shape index (κ3) is 4.25. The maximum absolute atomic E-state index is 5.95.